The summed E-state index contributed by atoms with van der Waals surface area (Å²) < 4.78 is 5.51. The van der Waals surface area contributed by atoms with Crippen LogP contribution in [0.4, 0.5) is 0 Å². The fourth-order valence-corrected chi connectivity index (χ4v) is 1.86. The van der Waals surface area contributed by atoms with Crippen molar-refractivity contribution in [1.82, 2.24) is 4.98 Å². The van der Waals surface area contributed by atoms with Gasteiger partial charge in [-0.25, -0.2) is 4.98 Å². The summed E-state index contributed by atoms with van der Waals surface area (Å²) in [5, 5.41) is 0.215. The third-order valence-corrected chi connectivity index (χ3v) is 2.87. The summed E-state index contributed by atoms with van der Waals surface area (Å²) in [6.45, 7) is 2.66. The average molecular weight is 276 g/mol. The molecule has 0 unspecified atom stereocenters. The largest absolute Gasteiger partial charge is 0.494 e. The summed E-state index contributed by atoms with van der Waals surface area (Å²) in [7, 11) is 0. The van der Waals surface area contributed by atoms with Crippen molar-refractivity contribution in [1.29, 1.82) is 0 Å². The van der Waals surface area contributed by atoms with Crippen molar-refractivity contribution in [2.24, 2.45) is 0 Å². The normalized spacial score (nSPS) is 10.2. The molecule has 0 spiro atoms. The number of carbonyl (C=O) groups is 1. The number of nitrogens with zero attached hydrogens (tertiary/aromatic N) is 1. The van der Waals surface area contributed by atoms with Crippen LogP contribution in [-0.4, -0.2) is 17.4 Å². The highest BCUT2D eigenvalue weighted by atomic mass is 35.5. The van der Waals surface area contributed by atoms with Crippen molar-refractivity contribution in [2.75, 3.05) is 6.61 Å². The maximum absolute atomic E-state index is 12.3. The van der Waals surface area contributed by atoms with Crippen LogP contribution < -0.4 is 4.74 Å². The van der Waals surface area contributed by atoms with Gasteiger partial charge in [-0.2, -0.15) is 0 Å². The van der Waals surface area contributed by atoms with Gasteiger partial charge in [-0.05, 0) is 30.7 Å². The first-order valence-corrected chi connectivity index (χ1v) is 6.48. The minimum atomic E-state index is -0.153. The van der Waals surface area contributed by atoms with E-state index in [1.54, 1.807) is 36.5 Å². The molecule has 0 fully saturated rings. The lowest BCUT2D eigenvalue weighted by atomic mass is 10.0. The van der Waals surface area contributed by atoms with Crippen molar-refractivity contribution < 1.29 is 9.53 Å². The van der Waals surface area contributed by atoms with Crippen LogP contribution in [0.1, 0.15) is 29.3 Å². The number of ether oxygens (including phenoxy) is 1. The fraction of sp³-hybridized carbons (Fsp3) is 0.200. The standard InChI is InChI=1S/C15H14ClNO2/c1-2-9-19-12-6-3-5-11(10-12)14(18)13-7-4-8-17-15(13)16/h3-8,10H,2,9H2,1H3. The molecule has 1 heterocycles. The first kappa shape index (κ1) is 13.6. The predicted molar refractivity (Wildman–Crippen MR) is 74.9 cm³/mol. The molecule has 3 nitrogen and oxygen atoms in total. The van der Waals surface area contributed by atoms with Crippen LogP contribution in [0.3, 0.4) is 0 Å². The Labute approximate surface area is 117 Å². The Bertz CT molecular complexity index is 584. The van der Waals surface area contributed by atoms with E-state index in [2.05, 4.69) is 4.98 Å². The predicted octanol–water partition coefficient (Wildman–Crippen LogP) is 3.75. The lowest BCUT2D eigenvalue weighted by molar-refractivity contribution is 0.103. The van der Waals surface area contributed by atoms with Gasteiger partial charge >= 0.3 is 0 Å². The topological polar surface area (TPSA) is 39.2 Å². The van der Waals surface area contributed by atoms with Gasteiger partial charge < -0.3 is 4.74 Å². The first-order valence-electron chi connectivity index (χ1n) is 6.10. The number of hydrogen-bond donors (Lipinski definition) is 0. The summed E-state index contributed by atoms with van der Waals surface area (Å²) in [6.07, 6.45) is 2.48. The van der Waals surface area contributed by atoms with Crippen LogP contribution in [0.25, 0.3) is 0 Å². The zero-order chi connectivity index (χ0) is 13.7. The van der Waals surface area contributed by atoms with E-state index < -0.39 is 0 Å². The molecule has 0 saturated heterocycles. The zero-order valence-corrected chi connectivity index (χ0v) is 11.4. The van der Waals surface area contributed by atoms with E-state index >= 15 is 0 Å². The molecule has 0 aliphatic carbocycles. The molecule has 98 valence electrons. The highest BCUT2D eigenvalue weighted by Gasteiger charge is 2.13. The van der Waals surface area contributed by atoms with E-state index in [4.69, 9.17) is 16.3 Å². The van der Waals surface area contributed by atoms with Crippen LogP contribution >= 0.6 is 11.6 Å². The number of pyridine rings is 1. The molecule has 0 aliphatic rings. The van der Waals surface area contributed by atoms with Crippen LogP contribution in [0, 0.1) is 0 Å². The Morgan fingerprint density at radius 3 is 2.89 bits per heavy atom. The van der Waals surface area contributed by atoms with Gasteiger partial charge in [0.25, 0.3) is 0 Å². The van der Waals surface area contributed by atoms with Gasteiger partial charge in [0.15, 0.2) is 5.78 Å². The molecule has 4 heteroatoms. The van der Waals surface area contributed by atoms with E-state index in [1.807, 2.05) is 13.0 Å². The number of aromatic nitrogens is 1. The number of carbonyl (C=O) groups excluding carboxylic acids is 1. The second-order valence-corrected chi connectivity index (χ2v) is 4.41. The molecule has 0 bridgehead atoms. The number of benzene rings is 1. The lowest BCUT2D eigenvalue weighted by Gasteiger charge is -2.07. The Hall–Kier alpha value is -1.87. The lowest BCUT2D eigenvalue weighted by Crippen LogP contribution is -2.04. The third-order valence-electron chi connectivity index (χ3n) is 2.57. The van der Waals surface area contributed by atoms with Crippen molar-refractivity contribution in [3.63, 3.8) is 0 Å². The summed E-state index contributed by atoms with van der Waals surface area (Å²) in [6, 6.07) is 10.4. The van der Waals surface area contributed by atoms with Gasteiger partial charge in [0.2, 0.25) is 0 Å². The second-order valence-electron chi connectivity index (χ2n) is 4.05. The molecule has 19 heavy (non-hydrogen) atoms. The zero-order valence-electron chi connectivity index (χ0n) is 10.6. The Morgan fingerprint density at radius 2 is 2.16 bits per heavy atom. The second kappa shape index (κ2) is 6.34. The number of halogens is 1. The summed E-state index contributed by atoms with van der Waals surface area (Å²) in [5.41, 5.74) is 0.945. The molecule has 0 saturated carbocycles. The van der Waals surface area contributed by atoms with Gasteiger partial charge in [-0.3, -0.25) is 4.79 Å². The number of ketones is 1. The van der Waals surface area contributed by atoms with Gasteiger partial charge in [0.1, 0.15) is 10.9 Å². The molecule has 1 aromatic carbocycles. The smallest absolute Gasteiger partial charge is 0.196 e. The Kier molecular flexibility index (Phi) is 4.53. The van der Waals surface area contributed by atoms with Gasteiger partial charge in [-0.1, -0.05) is 30.7 Å². The molecular formula is C15H14ClNO2. The molecule has 0 N–H and O–H groups in total. The van der Waals surface area contributed by atoms with E-state index in [1.165, 1.54) is 0 Å². The van der Waals surface area contributed by atoms with Crippen molar-refractivity contribution in [2.45, 2.75) is 13.3 Å². The molecule has 2 rings (SSSR count). The maximum atomic E-state index is 12.3. The van der Waals surface area contributed by atoms with E-state index in [-0.39, 0.29) is 10.9 Å². The summed E-state index contributed by atoms with van der Waals surface area (Å²) in [5.74, 6) is 0.535. The highest BCUT2D eigenvalue weighted by molar-refractivity contribution is 6.33. The molecule has 0 radical (unpaired) electrons. The van der Waals surface area contributed by atoms with E-state index in [0.717, 1.165) is 6.42 Å². The number of rotatable bonds is 5. The van der Waals surface area contributed by atoms with E-state index in [0.29, 0.717) is 23.5 Å². The van der Waals surface area contributed by atoms with Crippen molar-refractivity contribution in [3.05, 3.63) is 58.9 Å². The van der Waals surface area contributed by atoms with Crippen molar-refractivity contribution >= 4 is 17.4 Å². The third kappa shape index (κ3) is 3.32. The quantitative estimate of drug-likeness (QED) is 0.616. The monoisotopic (exact) mass is 275 g/mol. The van der Waals surface area contributed by atoms with Crippen LogP contribution in [0.15, 0.2) is 42.6 Å². The first-order chi connectivity index (χ1) is 9.22. The molecule has 0 amide bonds. The Morgan fingerprint density at radius 1 is 1.32 bits per heavy atom. The molecular weight excluding hydrogens is 262 g/mol. The van der Waals surface area contributed by atoms with Gasteiger partial charge in [-0.15, -0.1) is 0 Å². The Balaban J connectivity index is 2.27. The molecule has 0 aliphatic heterocycles. The van der Waals surface area contributed by atoms with Crippen LogP contribution in [-0.2, 0) is 0 Å². The van der Waals surface area contributed by atoms with E-state index in [9.17, 15) is 4.79 Å². The molecule has 2 aromatic rings. The van der Waals surface area contributed by atoms with Crippen LogP contribution in [0.5, 0.6) is 5.75 Å². The minimum Gasteiger partial charge on any atom is -0.494 e. The van der Waals surface area contributed by atoms with Gasteiger partial charge in [0, 0.05) is 11.8 Å². The minimum absolute atomic E-state index is 0.153. The SMILES string of the molecule is CCCOc1cccc(C(=O)c2cccnc2Cl)c1. The number of hydrogen-bond acceptors (Lipinski definition) is 3. The highest BCUT2D eigenvalue weighted by Crippen LogP contribution is 2.20. The fourth-order valence-electron chi connectivity index (χ4n) is 1.66. The summed E-state index contributed by atoms with van der Waals surface area (Å²) in [4.78, 5) is 16.2. The maximum Gasteiger partial charge on any atom is 0.196 e. The summed E-state index contributed by atoms with van der Waals surface area (Å²) >= 11 is 5.93. The van der Waals surface area contributed by atoms with Gasteiger partial charge in [0.05, 0.1) is 12.2 Å². The average Bonchev–Trinajstić information content (AvgIpc) is 2.45. The molecule has 1 aromatic heterocycles. The van der Waals surface area contributed by atoms with Crippen molar-refractivity contribution in [3.8, 4) is 5.75 Å². The van der Waals surface area contributed by atoms with Crippen LogP contribution in [0.2, 0.25) is 5.15 Å². The molecule has 0 atom stereocenters.